The summed E-state index contributed by atoms with van der Waals surface area (Å²) in [4.78, 5) is 13.6. The molecule has 1 aromatic carbocycles. The van der Waals surface area contributed by atoms with E-state index < -0.39 is 4.92 Å². The average molecular weight is 389 g/mol. The molecular formula is C17H17N4O3S2+. The molecule has 0 radical (unpaired) electrons. The Balaban J connectivity index is 1.58. The van der Waals surface area contributed by atoms with Crippen molar-refractivity contribution in [3.63, 3.8) is 0 Å². The molecule has 134 valence electrons. The van der Waals surface area contributed by atoms with Gasteiger partial charge in [-0.3, -0.25) is 10.1 Å². The number of aromatic nitrogens is 2. The van der Waals surface area contributed by atoms with Gasteiger partial charge in [0.1, 0.15) is 6.04 Å². The lowest BCUT2D eigenvalue weighted by atomic mass is 10.2. The average Bonchev–Trinajstić information content (AvgIpc) is 3.37. The minimum Gasteiger partial charge on any atom is -0.409 e. The number of likely N-dealkylation sites (tertiary alicyclic amines) is 1. The molecule has 1 aliphatic rings. The van der Waals surface area contributed by atoms with E-state index in [-0.39, 0.29) is 10.5 Å². The number of thiophene rings is 1. The maximum Gasteiger partial charge on any atom is 0.292 e. The summed E-state index contributed by atoms with van der Waals surface area (Å²) in [5.41, 5.74) is 0.552. The van der Waals surface area contributed by atoms with E-state index in [0.29, 0.717) is 24.2 Å². The van der Waals surface area contributed by atoms with E-state index in [4.69, 9.17) is 16.6 Å². The zero-order valence-electron chi connectivity index (χ0n) is 13.8. The van der Waals surface area contributed by atoms with Crippen molar-refractivity contribution in [2.45, 2.75) is 25.6 Å². The number of nitrogens with zero attached hydrogens (tertiary/aromatic N) is 3. The molecule has 1 N–H and O–H groups in total. The SMILES string of the molecule is O=[N+]([O-])c1cccc(-c2nn(C[NH+]3CCC[C@H]3c3cccs3)c(=S)o2)c1. The van der Waals surface area contributed by atoms with Crippen LogP contribution in [0.2, 0.25) is 0 Å². The van der Waals surface area contributed by atoms with Crippen LogP contribution in [0.1, 0.15) is 23.8 Å². The first kappa shape index (κ1) is 17.1. The number of nitro groups is 1. The van der Waals surface area contributed by atoms with Crippen LogP contribution in [-0.2, 0) is 6.67 Å². The second-order valence-electron chi connectivity index (χ2n) is 6.26. The number of nitrogens with one attached hydrogen (secondary N) is 1. The van der Waals surface area contributed by atoms with Gasteiger partial charge in [0.25, 0.3) is 10.5 Å². The number of rotatable bonds is 5. The largest absolute Gasteiger partial charge is 0.409 e. The zero-order chi connectivity index (χ0) is 18.1. The quantitative estimate of drug-likeness (QED) is 0.412. The highest BCUT2D eigenvalue weighted by molar-refractivity contribution is 7.71. The fourth-order valence-corrected chi connectivity index (χ4v) is 4.51. The molecule has 1 fully saturated rings. The van der Waals surface area contributed by atoms with Crippen molar-refractivity contribution in [3.05, 3.63) is 61.6 Å². The molecule has 2 atom stereocenters. The zero-order valence-corrected chi connectivity index (χ0v) is 15.5. The van der Waals surface area contributed by atoms with Crippen LogP contribution in [0.3, 0.4) is 0 Å². The molecule has 0 aliphatic carbocycles. The fourth-order valence-electron chi connectivity index (χ4n) is 3.40. The van der Waals surface area contributed by atoms with Gasteiger partial charge in [-0.25, -0.2) is 0 Å². The van der Waals surface area contributed by atoms with Crippen LogP contribution in [0.5, 0.6) is 0 Å². The Morgan fingerprint density at radius 1 is 1.42 bits per heavy atom. The van der Waals surface area contributed by atoms with Crippen molar-refractivity contribution >= 4 is 29.2 Å². The van der Waals surface area contributed by atoms with E-state index in [1.165, 1.54) is 28.3 Å². The van der Waals surface area contributed by atoms with Crippen molar-refractivity contribution in [2.24, 2.45) is 0 Å². The topological polar surface area (TPSA) is 78.5 Å². The van der Waals surface area contributed by atoms with Gasteiger partial charge in [-0.1, -0.05) is 12.1 Å². The second-order valence-corrected chi connectivity index (χ2v) is 7.59. The Hall–Kier alpha value is -2.36. The summed E-state index contributed by atoms with van der Waals surface area (Å²) in [5, 5.41) is 17.5. The number of benzene rings is 1. The van der Waals surface area contributed by atoms with Crippen LogP contribution in [-0.4, -0.2) is 21.2 Å². The highest BCUT2D eigenvalue weighted by Crippen LogP contribution is 2.24. The Morgan fingerprint density at radius 2 is 2.31 bits per heavy atom. The molecule has 7 nitrogen and oxygen atoms in total. The van der Waals surface area contributed by atoms with Crippen molar-refractivity contribution < 1.29 is 14.2 Å². The van der Waals surface area contributed by atoms with E-state index in [1.807, 2.05) is 0 Å². The van der Waals surface area contributed by atoms with Gasteiger partial charge in [-0.05, 0) is 29.7 Å². The summed E-state index contributed by atoms with van der Waals surface area (Å²) in [6.45, 7) is 1.68. The third-order valence-electron chi connectivity index (χ3n) is 4.63. The lowest BCUT2D eigenvalue weighted by molar-refractivity contribution is -0.941. The highest BCUT2D eigenvalue weighted by atomic mass is 32.1. The first-order chi connectivity index (χ1) is 12.6. The first-order valence-electron chi connectivity index (χ1n) is 8.32. The monoisotopic (exact) mass is 389 g/mol. The predicted molar refractivity (Wildman–Crippen MR) is 99.5 cm³/mol. The Kier molecular flexibility index (Phi) is 4.66. The van der Waals surface area contributed by atoms with E-state index in [0.717, 1.165) is 13.0 Å². The summed E-state index contributed by atoms with van der Waals surface area (Å²) in [6.07, 6.45) is 2.32. The van der Waals surface area contributed by atoms with Crippen LogP contribution in [0, 0.1) is 15.0 Å². The van der Waals surface area contributed by atoms with Crippen molar-refractivity contribution in [1.82, 2.24) is 9.78 Å². The van der Waals surface area contributed by atoms with Gasteiger partial charge in [0, 0.05) is 30.5 Å². The molecule has 1 aliphatic heterocycles. The van der Waals surface area contributed by atoms with E-state index >= 15 is 0 Å². The molecule has 2 aromatic heterocycles. The Morgan fingerprint density at radius 3 is 3.08 bits per heavy atom. The summed E-state index contributed by atoms with van der Waals surface area (Å²) >= 11 is 7.10. The van der Waals surface area contributed by atoms with E-state index in [2.05, 4.69) is 22.6 Å². The molecular weight excluding hydrogens is 372 g/mol. The van der Waals surface area contributed by atoms with Gasteiger partial charge in [0.2, 0.25) is 5.89 Å². The third-order valence-corrected chi connectivity index (χ3v) is 5.91. The van der Waals surface area contributed by atoms with Gasteiger partial charge < -0.3 is 9.32 Å². The fraction of sp³-hybridized carbons (Fsp3) is 0.294. The molecule has 1 saturated heterocycles. The van der Waals surface area contributed by atoms with Gasteiger partial charge >= 0.3 is 0 Å². The van der Waals surface area contributed by atoms with Gasteiger partial charge in [-0.15, -0.1) is 16.4 Å². The third kappa shape index (κ3) is 3.33. The molecule has 3 aromatic rings. The molecule has 0 amide bonds. The van der Waals surface area contributed by atoms with E-state index in [9.17, 15) is 10.1 Å². The van der Waals surface area contributed by atoms with Crippen molar-refractivity contribution in [2.75, 3.05) is 6.54 Å². The molecule has 26 heavy (non-hydrogen) atoms. The highest BCUT2D eigenvalue weighted by Gasteiger charge is 2.31. The molecule has 0 bridgehead atoms. The molecule has 3 heterocycles. The molecule has 4 rings (SSSR count). The lowest BCUT2D eigenvalue weighted by Crippen LogP contribution is -3.09. The minimum absolute atomic E-state index is 0.00101. The number of quaternary nitrogens is 1. The molecule has 0 saturated carbocycles. The minimum atomic E-state index is -0.435. The lowest BCUT2D eigenvalue weighted by Gasteiger charge is -2.19. The second kappa shape index (κ2) is 7.10. The summed E-state index contributed by atoms with van der Waals surface area (Å²) in [7, 11) is 0. The van der Waals surface area contributed by atoms with E-state index in [1.54, 1.807) is 28.2 Å². The van der Waals surface area contributed by atoms with Gasteiger partial charge in [0.05, 0.1) is 16.3 Å². The normalized spacial score (nSPS) is 19.7. The van der Waals surface area contributed by atoms with Gasteiger partial charge in [-0.2, -0.15) is 4.68 Å². The van der Waals surface area contributed by atoms with Crippen molar-refractivity contribution in [3.8, 4) is 11.5 Å². The van der Waals surface area contributed by atoms with Crippen LogP contribution < -0.4 is 4.90 Å². The number of non-ortho nitro benzene ring substituents is 1. The summed E-state index contributed by atoms with van der Waals surface area (Å²) < 4.78 is 7.29. The Labute approximate surface area is 158 Å². The summed E-state index contributed by atoms with van der Waals surface area (Å²) in [6, 6.07) is 10.9. The first-order valence-corrected chi connectivity index (χ1v) is 9.61. The number of nitro benzene ring substituents is 1. The van der Waals surface area contributed by atoms with Crippen LogP contribution in [0.4, 0.5) is 5.69 Å². The predicted octanol–water partition coefficient (Wildman–Crippen LogP) is 3.22. The summed E-state index contributed by atoms with van der Waals surface area (Å²) in [5.74, 6) is 0.310. The van der Waals surface area contributed by atoms with Gasteiger partial charge in [0.15, 0.2) is 6.67 Å². The van der Waals surface area contributed by atoms with Crippen LogP contribution in [0.15, 0.2) is 46.2 Å². The number of hydrogen-bond acceptors (Lipinski definition) is 6. The smallest absolute Gasteiger partial charge is 0.292 e. The Bertz CT molecular complexity index is 980. The molecule has 1 unspecified atom stereocenters. The van der Waals surface area contributed by atoms with Crippen LogP contribution >= 0.6 is 23.6 Å². The van der Waals surface area contributed by atoms with Crippen LogP contribution in [0.25, 0.3) is 11.5 Å². The molecule has 9 heteroatoms. The van der Waals surface area contributed by atoms with Crippen molar-refractivity contribution in [1.29, 1.82) is 0 Å². The maximum absolute atomic E-state index is 11.0. The molecule has 0 spiro atoms. The maximum atomic E-state index is 11.0. The standard InChI is InChI=1S/C17H16N4O3S2/c22-21(23)13-5-1-4-12(10-13)16-18-20(17(25)24-16)11-19-8-2-6-14(19)15-7-3-9-26-15/h1,3-5,7,9-10,14H,2,6,8,11H2/p+1/t14-/m0/s1. The number of hydrogen-bond donors (Lipinski definition) is 1.